The van der Waals surface area contributed by atoms with Crippen LogP contribution in [0.2, 0.25) is 0 Å². The number of Topliss-reactive ketones (excluding diaryl/α,β-unsaturated/α-hetero) is 2. The number of halogens is 1. The monoisotopic (exact) mass is 494 g/mol. The fourth-order valence-corrected chi connectivity index (χ4v) is 3.04. The molecule has 0 bridgehead atoms. The molecule has 0 radical (unpaired) electrons. The molecule has 0 spiro atoms. The van der Waals surface area contributed by atoms with Gasteiger partial charge in [0.15, 0.2) is 0 Å². The fourth-order valence-electron chi connectivity index (χ4n) is 2.81. The standard InChI is InChI=1S/C13H17NO.C8H9Br.C5H9NO/c15-13-7-10-14(11-8-13)9-6-12-4-2-1-3-5-12;9-7-6-8-4-2-1-3-5-8;7-5-1-3-6-4-2-5/h1-5H,6-11H2;1-5H,6-7H2;6H,1-4H2/i6D2,9D2;6D2,7D2;. The number of aryl methyl sites for hydroxylation is 2. The highest BCUT2D eigenvalue weighted by Gasteiger charge is 2.15. The molecular formula is C26H35BrN2O2. The van der Waals surface area contributed by atoms with Crippen molar-refractivity contribution in [3.05, 3.63) is 71.8 Å². The van der Waals surface area contributed by atoms with E-state index >= 15 is 0 Å². The molecule has 0 atom stereocenters. The van der Waals surface area contributed by atoms with Crippen LogP contribution in [0.15, 0.2) is 60.7 Å². The van der Waals surface area contributed by atoms with Crippen LogP contribution in [0.3, 0.4) is 0 Å². The van der Waals surface area contributed by atoms with Gasteiger partial charge in [0.1, 0.15) is 11.6 Å². The summed E-state index contributed by atoms with van der Waals surface area (Å²) < 4.78 is 62.2. The Morgan fingerprint density at radius 2 is 1.26 bits per heavy atom. The average Bonchev–Trinajstić information content (AvgIpc) is 2.90. The van der Waals surface area contributed by atoms with Crippen molar-refractivity contribution in [1.82, 2.24) is 10.2 Å². The van der Waals surface area contributed by atoms with Crippen LogP contribution in [0.5, 0.6) is 0 Å². The van der Waals surface area contributed by atoms with Crippen molar-refractivity contribution >= 4 is 27.5 Å². The summed E-state index contributed by atoms with van der Waals surface area (Å²) >= 11 is 2.70. The minimum atomic E-state index is -2.13. The van der Waals surface area contributed by atoms with E-state index < -0.39 is 24.5 Å². The first kappa shape index (κ1) is 15.9. The summed E-state index contributed by atoms with van der Waals surface area (Å²) in [6.07, 6.45) is -2.07. The van der Waals surface area contributed by atoms with E-state index in [0.717, 1.165) is 25.9 Å². The number of likely N-dealkylation sites (tertiary alicyclic amines) is 1. The summed E-state index contributed by atoms with van der Waals surface area (Å²) in [5.41, 5.74) is 0.647. The summed E-state index contributed by atoms with van der Waals surface area (Å²) in [7, 11) is 0. The highest BCUT2D eigenvalue weighted by molar-refractivity contribution is 9.09. The van der Waals surface area contributed by atoms with Gasteiger partial charge in [-0.2, -0.15) is 0 Å². The summed E-state index contributed by atoms with van der Waals surface area (Å²) in [5, 5.41) is 1.04. The molecule has 2 aromatic carbocycles. The minimum absolute atomic E-state index is 0.118. The quantitative estimate of drug-likeness (QED) is 0.623. The van der Waals surface area contributed by atoms with E-state index in [1.807, 2.05) is 0 Å². The third-order valence-electron chi connectivity index (χ3n) is 4.58. The molecule has 2 aromatic rings. The molecular weight excluding hydrogens is 452 g/mol. The Balaban J connectivity index is 0.000000229. The zero-order valence-electron chi connectivity index (χ0n) is 25.6. The lowest BCUT2D eigenvalue weighted by Crippen LogP contribution is -2.35. The minimum Gasteiger partial charge on any atom is -0.316 e. The molecule has 2 aliphatic rings. The number of alkyl halides is 1. The van der Waals surface area contributed by atoms with Gasteiger partial charge in [0.05, 0.1) is 0 Å². The van der Waals surface area contributed by atoms with Crippen LogP contribution in [0, 0.1) is 0 Å². The van der Waals surface area contributed by atoms with Gasteiger partial charge in [-0.05, 0) is 23.9 Å². The molecule has 4 rings (SSSR count). The van der Waals surface area contributed by atoms with E-state index in [1.165, 1.54) is 4.90 Å². The van der Waals surface area contributed by atoms with Crippen molar-refractivity contribution in [3.8, 4) is 0 Å². The summed E-state index contributed by atoms with van der Waals surface area (Å²) in [5.74, 6) is 0.520. The topological polar surface area (TPSA) is 49.4 Å². The second-order valence-corrected chi connectivity index (χ2v) is 7.40. The first-order chi connectivity index (χ1) is 18.1. The lowest BCUT2D eigenvalue weighted by molar-refractivity contribution is -0.121. The van der Waals surface area contributed by atoms with Crippen molar-refractivity contribution in [2.75, 3.05) is 38.0 Å². The molecule has 0 amide bonds. The third kappa shape index (κ3) is 12.0. The smallest absolute Gasteiger partial charge is 0.135 e. The number of carbonyl (C=O) groups is 2. The van der Waals surface area contributed by atoms with Crippen molar-refractivity contribution in [1.29, 1.82) is 0 Å². The molecule has 168 valence electrons. The molecule has 0 saturated carbocycles. The molecule has 0 aliphatic carbocycles. The van der Waals surface area contributed by atoms with Crippen LogP contribution >= 0.6 is 15.9 Å². The van der Waals surface area contributed by atoms with E-state index in [1.54, 1.807) is 60.7 Å². The normalized spacial score (nSPS) is 22.2. The van der Waals surface area contributed by atoms with Gasteiger partial charge in [-0.1, -0.05) is 76.6 Å². The Labute approximate surface area is 206 Å². The first-order valence-electron chi connectivity index (χ1n) is 14.4. The van der Waals surface area contributed by atoms with Crippen LogP contribution in [-0.4, -0.2) is 54.4 Å². The predicted molar refractivity (Wildman–Crippen MR) is 132 cm³/mol. The summed E-state index contributed by atoms with van der Waals surface area (Å²) in [6.45, 7) is 0.197. The maximum Gasteiger partial charge on any atom is 0.135 e. The SMILES string of the molecule is O=C1CCNCC1.[2H]C([2H])(Br)C([2H])([2H])c1ccccc1.[2H]C([2H])(c1ccccc1)C([2H])([2H])N1CCC(=O)CC1. The van der Waals surface area contributed by atoms with Gasteiger partial charge >= 0.3 is 0 Å². The maximum atomic E-state index is 11.2. The zero-order chi connectivity index (χ0) is 29.3. The van der Waals surface area contributed by atoms with Gasteiger partial charge in [-0.15, -0.1) is 0 Å². The molecule has 2 heterocycles. The third-order valence-corrected chi connectivity index (χ3v) is 4.78. The predicted octanol–water partition coefficient (Wildman–Crippen LogP) is 4.46. The molecule has 0 aromatic heterocycles. The second kappa shape index (κ2) is 15.9. The Morgan fingerprint density at radius 3 is 1.71 bits per heavy atom. The number of nitrogens with zero attached hydrogens (tertiary/aromatic N) is 1. The fraction of sp³-hybridized carbons (Fsp3) is 0.462. The van der Waals surface area contributed by atoms with Gasteiger partial charge in [-0.3, -0.25) is 9.59 Å². The number of rotatable bonds is 5. The number of nitrogens with one attached hydrogen (secondary N) is 1. The molecule has 4 nitrogen and oxygen atoms in total. The van der Waals surface area contributed by atoms with Crippen molar-refractivity contribution in [2.24, 2.45) is 0 Å². The van der Waals surface area contributed by atoms with Gasteiger partial charge in [0, 0.05) is 74.6 Å². The number of carbonyl (C=O) groups excluding carboxylic acids is 2. The van der Waals surface area contributed by atoms with Crippen LogP contribution in [-0.2, 0) is 22.3 Å². The summed E-state index contributed by atoms with van der Waals surface area (Å²) in [4.78, 5) is 23.1. The molecule has 0 unspecified atom stereocenters. The highest BCUT2D eigenvalue weighted by Crippen LogP contribution is 2.07. The van der Waals surface area contributed by atoms with Crippen molar-refractivity contribution in [3.63, 3.8) is 0 Å². The van der Waals surface area contributed by atoms with Gasteiger partial charge in [0.2, 0.25) is 0 Å². The van der Waals surface area contributed by atoms with Crippen molar-refractivity contribution in [2.45, 2.75) is 38.4 Å². The van der Waals surface area contributed by atoms with Crippen molar-refractivity contribution < 1.29 is 20.6 Å². The Kier molecular flexibility index (Phi) is 8.16. The second-order valence-electron chi connectivity index (χ2n) is 7.00. The molecule has 2 fully saturated rings. The van der Waals surface area contributed by atoms with Crippen LogP contribution in [0.4, 0.5) is 0 Å². The average molecular weight is 496 g/mol. The van der Waals surface area contributed by atoms with Gasteiger partial charge < -0.3 is 10.2 Å². The zero-order valence-corrected chi connectivity index (χ0v) is 19.2. The lowest BCUT2D eigenvalue weighted by atomic mass is 10.1. The molecule has 2 aliphatic heterocycles. The first-order valence-corrected chi connectivity index (χ1v) is 11.2. The molecule has 31 heavy (non-hydrogen) atoms. The van der Waals surface area contributed by atoms with E-state index in [4.69, 9.17) is 11.0 Å². The van der Waals surface area contributed by atoms with Crippen LogP contribution in [0.25, 0.3) is 0 Å². The van der Waals surface area contributed by atoms with Gasteiger partial charge in [-0.25, -0.2) is 0 Å². The van der Waals surface area contributed by atoms with E-state index in [9.17, 15) is 9.59 Å². The lowest BCUT2D eigenvalue weighted by Gasteiger charge is -2.25. The number of hydrogen-bond donors (Lipinski definition) is 1. The Hall–Kier alpha value is -1.82. The number of hydrogen-bond acceptors (Lipinski definition) is 4. The summed E-state index contributed by atoms with van der Waals surface area (Å²) in [6, 6.07) is 16.6. The highest BCUT2D eigenvalue weighted by atomic mass is 79.9. The molecule has 5 heteroatoms. The number of ketones is 2. The van der Waals surface area contributed by atoms with E-state index in [0.29, 0.717) is 29.8 Å². The number of piperidine rings is 2. The van der Waals surface area contributed by atoms with Gasteiger partial charge in [0.25, 0.3) is 0 Å². The molecule has 2 saturated heterocycles. The largest absolute Gasteiger partial charge is 0.316 e. The number of benzene rings is 2. The Morgan fingerprint density at radius 1 is 0.774 bits per heavy atom. The molecule has 1 N–H and O–H groups in total. The van der Waals surface area contributed by atoms with E-state index in [2.05, 4.69) is 21.2 Å². The van der Waals surface area contributed by atoms with Crippen LogP contribution < -0.4 is 5.32 Å². The van der Waals surface area contributed by atoms with E-state index in [-0.39, 0.29) is 18.9 Å². The maximum absolute atomic E-state index is 11.2. The Bertz CT molecular complexity index is 1050. The van der Waals surface area contributed by atoms with Crippen LogP contribution in [0.1, 0.15) is 47.8 Å².